The smallest absolute Gasteiger partial charge is 0.326 e. The molecule has 0 radical (unpaired) electrons. The number of carbonyl (C=O) groups is 7. The summed E-state index contributed by atoms with van der Waals surface area (Å²) >= 11 is 0. The Kier molecular flexibility index (Phi) is 13.6. The Morgan fingerprint density at radius 2 is 1.20 bits per heavy atom. The molecular weight excluding hydrogens is 468 g/mol. The van der Waals surface area contributed by atoms with Crippen LogP contribution >= 0.6 is 0 Å². The van der Waals surface area contributed by atoms with Crippen molar-refractivity contribution < 1.29 is 43.8 Å². The van der Waals surface area contributed by atoms with Crippen LogP contribution in [-0.4, -0.2) is 75.9 Å². The first-order chi connectivity index (χ1) is 16.1. The van der Waals surface area contributed by atoms with Gasteiger partial charge in [-0.05, 0) is 25.2 Å². The van der Waals surface area contributed by atoms with Crippen LogP contribution in [0.2, 0.25) is 0 Å². The quantitative estimate of drug-likeness (QED) is 0.0991. The van der Waals surface area contributed by atoms with Gasteiger partial charge in [0.15, 0.2) is 0 Å². The molecule has 4 unspecified atom stereocenters. The molecule has 35 heavy (non-hydrogen) atoms. The molecule has 0 aromatic heterocycles. The van der Waals surface area contributed by atoms with Gasteiger partial charge in [-0.1, -0.05) is 13.8 Å². The Hall–Kier alpha value is -3.75. The van der Waals surface area contributed by atoms with Gasteiger partial charge in [-0.3, -0.25) is 28.8 Å². The van der Waals surface area contributed by atoms with Crippen LogP contribution in [0.1, 0.15) is 52.4 Å². The van der Waals surface area contributed by atoms with Crippen molar-refractivity contribution in [1.82, 2.24) is 16.0 Å². The van der Waals surface area contributed by atoms with Gasteiger partial charge < -0.3 is 43.4 Å². The highest BCUT2D eigenvalue weighted by Crippen LogP contribution is 2.08. The summed E-state index contributed by atoms with van der Waals surface area (Å²) < 4.78 is 0. The van der Waals surface area contributed by atoms with E-state index in [1.54, 1.807) is 13.8 Å². The number of aliphatic carboxylic acids is 2. The van der Waals surface area contributed by atoms with Crippen molar-refractivity contribution in [2.45, 2.75) is 76.5 Å². The van der Waals surface area contributed by atoms with Crippen molar-refractivity contribution in [3.8, 4) is 0 Å². The number of nitrogens with two attached hydrogens (primary N) is 3. The molecule has 0 aliphatic heterocycles. The number of hydrogen-bond acceptors (Lipinski definition) is 8. The van der Waals surface area contributed by atoms with Gasteiger partial charge in [0, 0.05) is 12.8 Å². The summed E-state index contributed by atoms with van der Waals surface area (Å²) in [6, 6.07) is -5.51. The monoisotopic (exact) mass is 502 g/mol. The summed E-state index contributed by atoms with van der Waals surface area (Å²) in [5, 5.41) is 25.1. The average molecular weight is 503 g/mol. The number of carbonyl (C=O) groups excluding carboxylic acids is 5. The van der Waals surface area contributed by atoms with Crippen molar-refractivity contribution >= 4 is 41.5 Å². The van der Waals surface area contributed by atoms with E-state index in [-0.39, 0.29) is 25.2 Å². The van der Waals surface area contributed by atoms with Crippen LogP contribution in [0.5, 0.6) is 0 Å². The van der Waals surface area contributed by atoms with E-state index in [1.807, 2.05) is 0 Å². The number of carboxylic acid groups (broad SMARTS) is 2. The second-order valence-electron chi connectivity index (χ2n) is 8.37. The first kappa shape index (κ1) is 31.2. The SMILES string of the molecule is CC(C)CC(NC(=O)C(N)CC(N)=O)C(=O)NC(CCC(=O)O)C(=O)NC(CCC(N)=O)C(=O)O. The van der Waals surface area contributed by atoms with Gasteiger partial charge in [-0.15, -0.1) is 0 Å². The van der Waals surface area contributed by atoms with E-state index >= 15 is 0 Å². The van der Waals surface area contributed by atoms with E-state index in [0.29, 0.717) is 0 Å². The Labute approximate surface area is 201 Å². The summed E-state index contributed by atoms with van der Waals surface area (Å²) in [5.74, 6) is -7.16. The molecule has 0 aliphatic rings. The van der Waals surface area contributed by atoms with Crippen LogP contribution in [0, 0.1) is 5.92 Å². The molecular formula is C20H34N6O9. The van der Waals surface area contributed by atoms with Crippen LogP contribution in [0.15, 0.2) is 0 Å². The molecule has 0 saturated heterocycles. The fraction of sp³-hybridized carbons (Fsp3) is 0.650. The van der Waals surface area contributed by atoms with Gasteiger partial charge in [-0.2, -0.15) is 0 Å². The molecule has 198 valence electrons. The predicted molar refractivity (Wildman–Crippen MR) is 120 cm³/mol. The highest BCUT2D eigenvalue weighted by Gasteiger charge is 2.31. The fourth-order valence-electron chi connectivity index (χ4n) is 2.92. The van der Waals surface area contributed by atoms with Crippen LogP contribution in [-0.2, 0) is 33.6 Å². The van der Waals surface area contributed by atoms with Gasteiger partial charge in [0.2, 0.25) is 29.5 Å². The zero-order chi connectivity index (χ0) is 27.3. The third kappa shape index (κ3) is 13.5. The summed E-state index contributed by atoms with van der Waals surface area (Å²) in [7, 11) is 0. The minimum Gasteiger partial charge on any atom is -0.481 e. The Morgan fingerprint density at radius 3 is 1.66 bits per heavy atom. The normalized spacial score (nSPS) is 14.2. The molecule has 0 rings (SSSR count). The lowest BCUT2D eigenvalue weighted by molar-refractivity contribution is -0.143. The summed E-state index contributed by atoms with van der Waals surface area (Å²) in [5.41, 5.74) is 15.6. The number of carboxylic acids is 2. The average Bonchev–Trinajstić information content (AvgIpc) is 2.71. The van der Waals surface area contributed by atoms with Crippen molar-refractivity contribution in [3.63, 3.8) is 0 Å². The minimum absolute atomic E-state index is 0.102. The molecule has 0 bridgehead atoms. The lowest BCUT2D eigenvalue weighted by Crippen LogP contribution is -2.57. The Morgan fingerprint density at radius 1 is 0.714 bits per heavy atom. The third-order valence-electron chi connectivity index (χ3n) is 4.67. The molecule has 0 aromatic rings. The standard InChI is InChI=1S/C20H34N6O9/c1-9(2)7-13(26-17(31)10(21)8-15(23)28)19(33)24-11(4-6-16(29)30)18(32)25-12(20(34)35)3-5-14(22)27/h9-13H,3-8,21H2,1-2H3,(H2,22,27)(H2,23,28)(H,24,33)(H,25,32)(H,26,31)(H,29,30)(H,34,35). The Bertz CT molecular complexity index is 817. The first-order valence-electron chi connectivity index (χ1n) is 10.8. The number of nitrogens with one attached hydrogen (secondary N) is 3. The summed E-state index contributed by atoms with van der Waals surface area (Å²) in [4.78, 5) is 82.2. The summed E-state index contributed by atoms with van der Waals surface area (Å²) in [6.45, 7) is 3.50. The molecule has 5 amide bonds. The second-order valence-corrected chi connectivity index (χ2v) is 8.37. The fourth-order valence-corrected chi connectivity index (χ4v) is 2.92. The molecule has 4 atom stereocenters. The molecule has 0 spiro atoms. The second kappa shape index (κ2) is 15.2. The molecule has 15 heteroatoms. The number of rotatable bonds is 17. The predicted octanol–water partition coefficient (Wildman–Crippen LogP) is -3.10. The van der Waals surface area contributed by atoms with E-state index in [2.05, 4.69) is 16.0 Å². The van der Waals surface area contributed by atoms with E-state index in [0.717, 1.165) is 0 Å². The number of hydrogen-bond donors (Lipinski definition) is 8. The van der Waals surface area contributed by atoms with Crippen molar-refractivity contribution in [2.24, 2.45) is 23.1 Å². The third-order valence-corrected chi connectivity index (χ3v) is 4.67. The summed E-state index contributed by atoms with van der Waals surface area (Å²) in [6.07, 6.45) is -1.95. The van der Waals surface area contributed by atoms with E-state index in [1.165, 1.54) is 0 Å². The molecule has 0 aliphatic carbocycles. The van der Waals surface area contributed by atoms with E-state index in [4.69, 9.17) is 22.3 Å². The molecule has 15 nitrogen and oxygen atoms in total. The number of primary amides is 2. The molecule has 0 saturated carbocycles. The molecule has 0 aromatic carbocycles. The maximum absolute atomic E-state index is 12.9. The van der Waals surface area contributed by atoms with Crippen LogP contribution in [0.4, 0.5) is 0 Å². The molecule has 11 N–H and O–H groups in total. The highest BCUT2D eigenvalue weighted by molar-refractivity contribution is 5.95. The largest absolute Gasteiger partial charge is 0.481 e. The van der Waals surface area contributed by atoms with Gasteiger partial charge in [0.1, 0.15) is 18.1 Å². The van der Waals surface area contributed by atoms with Gasteiger partial charge in [-0.25, -0.2) is 4.79 Å². The van der Waals surface area contributed by atoms with Crippen LogP contribution < -0.4 is 33.2 Å². The topological polar surface area (TPSA) is 274 Å². The van der Waals surface area contributed by atoms with Crippen LogP contribution in [0.25, 0.3) is 0 Å². The van der Waals surface area contributed by atoms with E-state index < -0.39 is 84.9 Å². The van der Waals surface area contributed by atoms with Gasteiger partial charge >= 0.3 is 11.9 Å². The van der Waals surface area contributed by atoms with Crippen molar-refractivity contribution in [1.29, 1.82) is 0 Å². The van der Waals surface area contributed by atoms with Crippen molar-refractivity contribution in [2.75, 3.05) is 0 Å². The van der Waals surface area contributed by atoms with Gasteiger partial charge in [0.25, 0.3) is 0 Å². The Balaban J connectivity index is 5.60. The van der Waals surface area contributed by atoms with Crippen molar-refractivity contribution in [3.05, 3.63) is 0 Å². The van der Waals surface area contributed by atoms with Crippen LogP contribution in [0.3, 0.4) is 0 Å². The van der Waals surface area contributed by atoms with Gasteiger partial charge in [0.05, 0.1) is 12.5 Å². The lowest BCUT2D eigenvalue weighted by atomic mass is 10.0. The minimum atomic E-state index is -1.52. The lowest BCUT2D eigenvalue weighted by Gasteiger charge is -2.25. The maximum Gasteiger partial charge on any atom is 0.326 e. The zero-order valence-electron chi connectivity index (χ0n) is 19.6. The van der Waals surface area contributed by atoms with E-state index in [9.17, 15) is 38.7 Å². The maximum atomic E-state index is 12.9. The molecule has 0 fully saturated rings. The number of amides is 5. The first-order valence-corrected chi connectivity index (χ1v) is 10.8. The highest BCUT2D eigenvalue weighted by atomic mass is 16.4. The zero-order valence-corrected chi connectivity index (χ0v) is 19.6. The molecule has 0 heterocycles.